The molecule has 0 bridgehead atoms. The van der Waals surface area contributed by atoms with Crippen LogP contribution in [0.15, 0.2) is 47.6 Å². The van der Waals surface area contributed by atoms with Crippen molar-refractivity contribution >= 4 is 27.6 Å². The number of fused-ring (bicyclic) bond motifs is 1. The Balaban J connectivity index is 1.42. The standard InChI is InChI=1S/C25H30N4O7S/c1-16(2)12-19(28-24(31)17-8-9-21-22(13-17)36-15-35-21)25(32)27-18-6-5-11-29(14-20(18)30)37(33,34)23-7-3-4-10-26-23/h3-4,7-10,13,16,18-19H,5-6,11-12,14-15H2,1-2H3,(H,27,32)(H,28,31)/t18?,19-/m0/s1. The number of hydrogen-bond acceptors (Lipinski definition) is 8. The quantitative estimate of drug-likeness (QED) is 0.523. The molecule has 0 spiro atoms. The lowest BCUT2D eigenvalue weighted by Crippen LogP contribution is -2.52. The third-order valence-electron chi connectivity index (χ3n) is 6.14. The van der Waals surface area contributed by atoms with Crippen molar-refractivity contribution in [3.63, 3.8) is 0 Å². The Morgan fingerprint density at radius 3 is 2.68 bits per heavy atom. The Labute approximate surface area is 215 Å². The molecule has 4 rings (SSSR count). The van der Waals surface area contributed by atoms with E-state index in [0.29, 0.717) is 29.9 Å². The number of ether oxygens (including phenoxy) is 2. The minimum absolute atomic E-state index is 0.0782. The maximum atomic E-state index is 13.2. The van der Waals surface area contributed by atoms with E-state index in [1.54, 1.807) is 30.3 Å². The van der Waals surface area contributed by atoms with Crippen LogP contribution in [0.5, 0.6) is 11.5 Å². The molecule has 1 aromatic heterocycles. The number of sulfonamides is 1. The number of benzene rings is 1. The maximum Gasteiger partial charge on any atom is 0.260 e. The number of Topliss-reactive ketones (excluding diaryl/α,β-unsaturated/α-hetero) is 1. The molecule has 1 aromatic carbocycles. The first-order valence-electron chi connectivity index (χ1n) is 12.1. The zero-order valence-corrected chi connectivity index (χ0v) is 21.5. The fourth-order valence-electron chi connectivity index (χ4n) is 4.24. The summed E-state index contributed by atoms with van der Waals surface area (Å²) in [4.78, 5) is 43.0. The van der Waals surface area contributed by atoms with Gasteiger partial charge in [0, 0.05) is 18.3 Å². The van der Waals surface area contributed by atoms with Gasteiger partial charge in [-0.2, -0.15) is 4.31 Å². The predicted molar refractivity (Wildman–Crippen MR) is 132 cm³/mol. The van der Waals surface area contributed by atoms with Crippen LogP contribution in [0.1, 0.15) is 43.5 Å². The lowest BCUT2D eigenvalue weighted by atomic mass is 10.0. The van der Waals surface area contributed by atoms with Crippen LogP contribution in [0.25, 0.3) is 0 Å². The molecule has 37 heavy (non-hydrogen) atoms. The molecule has 2 amide bonds. The summed E-state index contributed by atoms with van der Waals surface area (Å²) in [7, 11) is -3.94. The van der Waals surface area contributed by atoms with Crippen molar-refractivity contribution < 1.29 is 32.3 Å². The molecular formula is C25H30N4O7S. The van der Waals surface area contributed by atoms with Gasteiger partial charge in [0.2, 0.25) is 12.7 Å². The molecule has 1 unspecified atom stereocenters. The number of nitrogens with one attached hydrogen (secondary N) is 2. The topological polar surface area (TPSA) is 144 Å². The van der Waals surface area contributed by atoms with Crippen molar-refractivity contribution in [1.82, 2.24) is 19.9 Å². The van der Waals surface area contributed by atoms with Crippen LogP contribution >= 0.6 is 0 Å². The number of rotatable bonds is 8. The number of amides is 2. The predicted octanol–water partition coefficient (Wildman–Crippen LogP) is 1.49. The van der Waals surface area contributed by atoms with Gasteiger partial charge in [-0.1, -0.05) is 19.9 Å². The van der Waals surface area contributed by atoms with Crippen molar-refractivity contribution in [3.8, 4) is 11.5 Å². The van der Waals surface area contributed by atoms with Gasteiger partial charge in [-0.05, 0) is 55.5 Å². The first kappa shape index (κ1) is 26.6. The highest BCUT2D eigenvalue weighted by Gasteiger charge is 2.35. The van der Waals surface area contributed by atoms with Gasteiger partial charge in [0.1, 0.15) is 6.04 Å². The van der Waals surface area contributed by atoms with E-state index in [2.05, 4.69) is 15.6 Å². The largest absolute Gasteiger partial charge is 0.454 e. The lowest BCUT2D eigenvalue weighted by molar-refractivity contribution is -0.129. The molecule has 0 aliphatic carbocycles. The first-order valence-corrected chi connectivity index (χ1v) is 13.5. The molecule has 11 nitrogen and oxygen atoms in total. The third kappa shape index (κ3) is 6.25. The summed E-state index contributed by atoms with van der Waals surface area (Å²) >= 11 is 0. The number of carbonyl (C=O) groups excluding carboxylic acids is 3. The van der Waals surface area contributed by atoms with Crippen LogP contribution in [-0.2, 0) is 19.6 Å². The minimum atomic E-state index is -3.94. The van der Waals surface area contributed by atoms with Crippen LogP contribution < -0.4 is 20.1 Å². The van der Waals surface area contributed by atoms with Crippen molar-refractivity contribution in [2.75, 3.05) is 19.9 Å². The molecule has 2 aliphatic heterocycles. The van der Waals surface area contributed by atoms with Crippen LogP contribution in [0.4, 0.5) is 0 Å². The molecule has 3 heterocycles. The molecular weight excluding hydrogens is 500 g/mol. The fourth-order valence-corrected chi connectivity index (χ4v) is 5.62. The van der Waals surface area contributed by atoms with E-state index in [4.69, 9.17) is 9.47 Å². The van der Waals surface area contributed by atoms with E-state index in [9.17, 15) is 22.8 Å². The molecule has 0 saturated carbocycles. The van der Waals surface area contributed by atoms with Crippen LogP contribution in [-0.4, -0.2) is 67.3 Å². The fraction of sp³-hybridized carbons (Fsp3) is 0.440. The van der Waals surface area contributed by atoms with E-state index in [0.717, 1.165) is 4.31 Å². The number of aromatic nitrogens is 1. The molecule has 198 valence electrons. The van der Waals surface area contributed by atoms with Crippen molar-refractivity contribution in [1.29, 1.82) is 0 Å². The Morgan fingerprint density at radius 2 is 1.95 bits per heavy atom. The zero-order chi connectivity index (χ0) is 26.6. The summed E-state index contributed by atoms with van der Waals surface area (Å²) in [6, 6.07) is 7.56. The summed E-state index contributed by atoms with van der Waals surface area (Å²) in [6.45, 7) is 3.68. The molecule has 0 radical (unpaired) electrons. The number of carbonyl (C=O) groups is 3. The van der Waals surface area contributed by atoms with E-state index in [1.165, 1.54) is 12.3 Å². The molecule has 12 heteroatoms. The third-order valence-corrected chi connectivity index (χ3v) is 7.90. The minimum Gasteiger partial charge on any atom is -0.454 e. The second-order valence-electron chi connectivity index (χ2n) is 9.40. The van der Waals surface area contributed by atoms with Crippen molar-refractivity contribution in [3.05, 3.63) is 48.2 Å². The second kappa shape index (κ2) is 11.3. The van der Waals surface area contributed by atoms with Gasteiger partial charge in [0.05, 0.1) is 12.6 Å². The number of ketones is 1. The van der Waals surface area contributed by atoms with Crippen molar-refractivity contribution in [2.24, 2.45) is 5.92 Å². The van der Waals surface area contributed by atoms with E-state index in [1.807, 2.05) is 13.8 Å². The van der Waals surface area contributed by atoms with Gasteiger partial charge in [0.25, 0.3) is 15.9 Å². The Morgan fingerprint density at radius 1 is 1.16 bits per heavy atom. The summed E-state index contributed by atoms with van der Waals surface area (Å²) in [5.74, 6) is -0.306. The van der Waals surface area contributed by atoms with Crippen LogP contribution in [0, 0.1) is 5.92 Å². The zero-order valence-electron chi connectivity index (χ0n) is 20.7. The SMILES string of the molecule is CC(C)C[C@H](NC(=O)c1ccc2c(c1)OCO2)C(=O)NC1CCCN(S(=O)(=O)c2ccccn2)CC1=O. The number of pyridine rings is 1. The highest BCUT2D eigenvalue weighted by Crippen LogP contribution is 2.32. The Kier molecular flexibility index (Phi) is 8.08. The number of hydrogen-bond donors (Lipinski definition) is 2. The van der Waals surface area contributed by atoms with Crippen molar-refractivity contribution in [2.45, 2.75) is 50.2 Å². The van der Waals surface area contributed by atoms with Crippen LogP contribution in [0.2, 0.25) is 0 Å². The second-order valence-corrected chi connectivity index (χ2v) is 11.3. The van der Waals surface area contributed by atoms with Gasteiger partial charge in [0.15, 0.2) is 22.3 Å². The monoisotopic (exact) mass is 530 g/mol. The summed E-state index contributed by atoms with van der Waals surface area (Å²) in [5, 5.41) is 5.37. The maximum absolute atomic E-state index is 13.2. The molecule has 2 N–H and O–H groups in total. The average Bonchev–Trinajstić information content (AvgIpc) is 3.27. The molecule has 2 aromatic rings. The lowest BCUT2D eigenvalue weighted by Gasteiger charge is -2.23. The normalized spacial score (nSPS) is 18.8. The highest BCUT2D eigenvalue weighted by atomic mass is 32.2. The number of nitrogens with zero attached hydrogens (tertiary/aromatic N) is 2. The first-order chi connectivity index (χ1) is 17.6. The molecule has 2 atom stereocenters. The van der Waals surface area contributed by atoms with Gasteiger partial charge in [-0.25, -0.2) is 13.4 Å². The van der Waals surface area contributed by atoms with E-state index in [-0.39, 0.29) is 37.2 Å². The summed E-state index contributed by atoms with van der Waals surface area (Å²) in [5.41, 5.74) is 0.312. The average molecular weight is 531 g/mol. The molecule has 1 fully saturated rings. The Bertz CT molecular complexity index is 1270. The van der Waals surface area contributed by atoms with E-state index < -0.39 is 39.7 Å². The molecule has 1 saturated heterocycles. The van der Waals surface area contributed by atoms with Crippen LogP contribution in [0.3, 0.4) is 0 Å². The molecule has 2 aliphatic rings. The van der Waals surface area contributed by atoms with Gasteiger partial charge >= 0.3 is 0 Å². The van der Waals surface area contributed by atoms with E-state index >= 15 is 0 Å². The highest BCUT2D eigenvalue weighted by molar-refractivity contribution is 7.89. The van der Waals surface area contributed by atoms with Gasteiger partial charge in [-0.3, -0.25) is 14.4 Å². The summed E-state index contributed by atoms with van der Waals surface area (Å²) < 4.78 is 37.5. The van der Waals surface area contributed by atoms with Gasteiger partial charge < -0.3 is 20.1 Å². The Hall–Kier alpha value is -3.51. The van der Waals surface area contributed by atoms with Gasteiger partial charge in [-0.15, -0.1) is 0 Å². The smallest absolute Gasteiger partial charge is 0.260 e. The summed E-state index contributed by atoms with van der Waals surface area (Å²) in [6.07, 6.45) is 2.38.